The zero-order valence-electron chi connectivity index (χ0n) is 11.8. The molecule has 1 unspecified atom stereocenters. The molecule has 0 aliphatic heterocycles. The third-order valence-electron chi connectivity index (χ3n) is 3.33. The number of aliphatic hydroxyl groups is 2. The van der Waals surface area contributed by atoms with E-state index in [4.69, 9.17) is 7.85 Å². The van der Waals surface area contributed by atoms with Gasteiger partial charge in [-0.15, -0.1) is 0 Å². The van der Waals surface area contributed by atoms with Gasteiger partial charge in [0.15, 0.2) is 13.7 Å². The molecule has 0 saturated heterocycles. The minimum Gasteiger partial charge on any atom is -0.362 e. The van der Waals surface area contributed by atoms with Crippen LogP contribution < -0.4 is 0 Å². The molecule has 3 nitrogen and oxygen atoms in total. The van der Waals surface area contributed by atoms with E-state index in [1.165, 1.54) is 17.7 Å². The number of hydrogen-bond acceptors (Lipinski definition) is 3. The molecule has 1 atom stereocenters. The Morgan fingerprint density at radius 3 is 2.00 bits per heavy atom. The van der Waals surface area contributed by atoms with Crippen molar-refractivity contribution in [3.63, 3.8) is 0 Å². The highest BCUT2D eigenvalue weighted by atomic mass is 16.5. The van der Waals surface area contributed by atoms with Gasteiger partial charge in [-0.3, -0.25) is 4.90 Å². The van der Waals surface area contributed by atoms with Crippen molar-refractivity contribution in [3.05, 3.63) is 0 Å². The lowest BCUT2D eigenvalue weighted by molar-refractivity contribution is -0.198. The molecule has 0 spiro atoms. The third kappa shape index (κ3) is 7.07. The first-order valence-corrected chi connectivity index (χ1v) is 6.81. The molecule has 0 aromatic rings. The summed E-state index contributed by atoms with van der Waals surface area (Å²) in [7, 11) is 5.34. The highest BCUT2D eigenvalue weighted by molar-refractivity contribution is 6.12. The van der Waals surface area contributed by atoms with Crippen LogP contribution in [0, 0.1) is 11.8 Å². The van der Waals surface area contributed by atoms with Gasteiger partial charge < -0.3 is 10.2 Å². The Morgan fingerprint density at radius 1 is 1.06 bits per heavy atom. The summed E-state index contributed by atoms with van der Waals surface area (Å²) in [6.45, 7) is 9.88. The van der Waals surface area contributed by atoms with Crippen molar-refractivity contribution in [1.82, 2.24) is 4.90 Å². The fraction of sp³-hybridized carbons (Fsp3) is 1.00. The van der Waals surface area contributed by atoms with Crippen LogP contribution in [0.5, 0.6) is 0 Å². The van der Waals surface area contributed by atoms with E-state index in [0.29, 0.717) is 24.9 Å². The van der Waals surface area contributed by atoms with E-state index in [-0.39, 0.29) is 0 Å². The Labute approximate surface area is 108 Å². The Kier molecular flexibility index (Phi) is 8.09. The summed E-state index contributed by atoms with van der Waals surface area (Å²) in [5, 5.41) is 18.9. The summed E-state index contributed by atoms with van der Waals surface area (Å²) in [5.41, 5.74) is 0. The zero-order valence-corrected chi connectivity index (χ0v) is 11.8. The minimum absolute atomic E-state index is 0.612. The molecule has 0 bridgehead atoms. The summed E-state index contributed by atoms with van der Waals surface area (Å²) in [4.78, 5) is 1.54. The Bertz CT molecular complexity index is 192. The fourth-order valence-electron chi connectivity index (χ4n) is 2.21. The van der Waals surface area contributed by atoms with Crippen molar-refractivity contribution in [1.29, 1.82) is 0 Å². The Hall–Kier alpha value is -0.0551. The van der Waals surface area contributed by atoms with E-state index in [2.05, 4.69) is 20.8 Å². The third-order valence-corrected chi connectivity index (χ3v) is 3.33. The Balaban J connectivity index is 4.26. The van der Waals surface area contributed by atoms with Gasteiger partial charge in [0.1, 0.15) is 0 Å². The maximum absolute atomic E-state index is 9.45. The lowest BCUT2D eigenvalue weighted by atomic mass is 9.88. The van der Waals surface area contributed by atoms with E-state index < -0.39 is 5.81 Å². The monoisotopic (exact) mass is 241 g/mol. The molecule has 0 saturated carbocycles. The van der Waals surface area contributed by atoms with Crippen LogP contribution in [0.25, 0.3) is 0 Å². The summed E-state index contributed by atoms with van der Waals surface area (Å²) >= 11 is 0. The van der Waals surface area contributed by atoms with Gasteiger partial charge in [0.2, 0.25) is 0 Å². The van der Waals surface area contributed by atoms with Gasteiger partial charge >= 0.3 is 0 Å². The maximum Gasteiger partial charge on any atom is 0.178 e. The topological polar surface area (TPSA) is 43.7 Å². The number of hydrogen-bond donors (Lipinski definition) is 2. The first kappa shape index (κ1) is 16.9. The fourth-order valence-corrected chi connectivity index (χ4v) is 2.21. The van der Waals surface area contributed by atoms with Crippen LogP contribution in [0.1, 0.15) is 53.4 Å². The van der Waals surface area contributed by atoms with Gasteiger partial charge in [0.25, 0.3) is 0 Å². The van der Waals surface area contributed by atoms with Crippen LogP contribution in [-0.4, -0.2) is 41.9 Å². The minimum atomic E-state index is -2.18. The van der Waals surface area contributed by atoms with E-state index in [0.717, 1.165) is 12.8 Å². The average molecular weight is 241 g/mol. The summed E-state index contributed by atoms with van der Waals surface area (Å²) in [5.74, 6) is -0.922. The van der Waals surface area contributed by atoms with E-state index in [9.17, 15) is 10.2 Å². The molecule has 0 rings (SSSR count). The quantitative estimate of drug-likeness (QED) is 0.479. The van der Waals surface area contributed by atoms with Crippen molar-refractivity contribution >= 4 is 7.85 Å². The van der Waals surface area contributed by atoms with Gasteiger partial charge in [-0.25, -0.2) is 0 Å². The van der Waals surface area contributed by atoms with Crippen molar-refractivity contribution < 1.29 is 10.2 Å². The normalized spacial score (nSPS) is 14.6. The molecular formula is C13H28BNO2. The van der Waals surface area contributed by atoms with Crippen LogP contribution in [0.2, 0.25) is 0 Å². The molecule has 0 aromatic carbocycles. The summed E-state index contributed by atoms with van der Waals surface area (Å²) in [6, 6.07) is 0. The molecule has 4 heteroatoms. The van der Waals surface area contributed by atoms with Crippen molar-refractivity contribution in [2.75, 3.05) is 13.1 Å². The predicted octanol–water partition coefficient (Wildman–Crippen LogP) is 1.93. The van der Waals surface area contributed by atoms with Crippen molar-refractivity contribution in [3.8, 4) is 0 Å². The maximum atomic E-state index is 9.45. The average Bonchev–Trinajstić information content (AvgIpc) is 2.20. The molecule has 0 aliphatic rings. The standard InChI is InChI=1S/C13H28BNO2/c1-5-7-12(11(3)4)8-10-15(9-6-2)13(14,16)17/h11-12,16-17H,5-10H2,1-4H3. The SMILES string of the molecule is [B]C(O)(O)N(CCC)CCC(CCC)C(C)C. The molecule has 0 amide bonds. The first-order valence-electron chi connectivity index (χ1n) is 6.81. The van der Waals surface area contributed by atoms with Crippen LogP contribution in [0.3, 0.4) is 0 Å². The highest BCUT2D eigenvalue weighted by Crippen LogP contribution is 2.22. The summed E-state index contributed by atoms with van der Waals surface area (Å²) < 4.78 is 0. The highest BCUT2D eigenvalue weighted by Gasteiger charge is 2.25. The zero-order chi connectivity index (χ0) is 13.5. The van der Waals surface area contributed by atoms with Crippen LogP contribution >= 0.6 is 0 Å². The molecule has 0 aliphatic carbocycles. The van der Waals surface area contributed by atoms with Gasteiger partial charge in [-0.2, -0.15) is 0 Å². The lowest BCUT2D eigenvalue weighted by Crippen LogP contribution is -2.50. The van der Waals surface area contributed by atoms with E-state index >= 15 is 0 Å². The van der Waals surface area contributed by atoms with Gasteiger partial charge in [-0.1, -0.05) is 40.5 Å². The Morgan fingerprint density at radius 2 is 1.65 bits per heavy atom. The molecule has 0 aromatic heterocycles. The number of nitrogens with zero attached hydrogens (tertiary/aromatic N) is 1. The molecular weight excluding hydrogens is 213 g/mol. The second kappa shape index (κ2) is 8.12. The van der Waals surface area contributed by atoms with E-state index in [1.54, 1.807) is 0 Å². The van der Waals surface area contributed by atoms with E-state index in [1.807, 2.05) is 6.92 Å². The smallest absolute Gasteiger partial charge is 0.178 e. The molecule has 17 heavy (non-hydrogen) atoms. The van der Waals surface area contributed by atoms with Crippen LogP contribution in [0.15, 0.2) is 0 Å². The van der Waals surface area contributed by atoms with Crippen molar-refractivity contribution in [2.24, 2.45) is 11.8 Å². The molecule has 2 N–H and O–H groups in total. The van der Waals surface area contributed by atoms with Gasteiger partial charge in [0.05, 0.1) is 0 Å². The molecule has 0 heterocycles. The largest absolute Gasteiger partial charge is 0.362 e. The van der Waals surface area contributed by atoms with Crippen LogP contribution in [0.4, 0.5) is 0 Å². The second-order valence-corrected chi connectivity index (χ2v) is 5.26. The van der Waals surface area contributed by atoms with Gasteiger partial charge in [0, 0.05) is 13.1 Å². The second-order valence-electron chi connectivity index (χ2n) is 5.26. The first-order chi connectivity index (χ1) is 7.82. The lowest BCUT2D eigenvalue weighted by Gasteiger charge is -2.34. The number of rotatable bonds is 9. The summed E-state index contributed by atoms with van der Waals surface area (Å²) in [6.07, 6.45) is 4.18. The van der Waals surface area contributed by atoms with Gasteiger partial charge in [-0.05, 0) is 24.7 Å². The predicted molar refractivity (Wildman–Crippen MR) is 72.6 cm³/mol. The molecule has 2 radical (unpaired) electrons. The molecule has 0 fully saturated rings. The van der Waals surface area contributed by atoms with Crippen molar-refractivity contribution in [2.45, 2.75) is 59.2 Å². The van der Waals surface area contributed by atoms with Crippen LogP contribution in [-0.2, 0) is 0 Å². The molecule has 100 valence electrons.